The van der Waals surface area contributed by atoms with E-state index >= 15 is 0 Å². The smallest absolute Gasteiger partial charge is 0.221 e. The van der Waals surface area contributed by atoms with Crippen molar-refractivity contribution in [3.63, 3.8) is 0 Å². The van der Waals surface area contributed by atoms with Gasteiger partial charge in [-0.1, -0.05) is 25.4 Å². The number of hydrogen-bond acceptors (Lipinski definition) is 4. The normalized spacial score (nSPS) is 11.3. The van der Waals surface area contributed by atoms with Gasteiger partial charge in [0.25, 0.3) is 0 Å². The molecule has 0 fully saturated rings. The summed E-state index contributed by atoms with van der Waals surface area (Å²) in [5.74, 6) is 1.13. The lowest BCUT2D eigenvalue weighted by Crippen LogP contribution is -2.29. The summed E-state index contributed by atoms with van der Waals surface area (Å²) in [6.45, 7) is 5.60. The fraction of sp³-hybridized carbons (Fsp3) is 0.500. The third-order valence-electron chi connectivity index (χ3n) is 3.13. The zero-order valence-corrected chi connectivity index (χ0v) is 13.0. The second kappa shape index (κ2) is 6.87. The van der Waals surface area contributed by atoms with Crippen molar-refractivity contribution in [3.8, 4) is 0 Å². The van der Waals surface area contributed by atoms with Crippen molar-refractivity contribution in [2.75, 3.05) is 13.1 Å². The van der Waals surface area contributed by atoms with E-state index in [4.69, 9.17) is 17.3 Å². The van der Waals surface area contributed by atoms with E-state index in [1.54, 1.807) is 12.3 Å². The van der Waals surface area contributed by atoms with Crippen LogP contribution in [0.4, 0.5) is 0 Å². The largest absolute Gasteiger partial charge is 0.355 e. The number of amides is 1. The van der Waals surface area contributed by atoms with Crippen LogP contribution in [0, 0.1) is 0 Å². The number of pyridine rings is 1. The maximum atomic E-state index is 11.7. The third-order valence-corrected chi connectivity index (χ3v) is 3.33. The summed E-state index contributed by atoms with van der Waals surface area (Å²) in [7, 11) is 0. The van der Waals surface area contributed by atoms with E-state index < -0.39 is 0 Å². The van der Waals surface area contributed by atoms with E-state index in [1.165, 1.54) is 0 Å². The molecule has 0 aliphatic carbocycles. The Morgan fingerprint density at radius 1 is 1.52 bits per heavy atom. The monoisotopic (exact) mass is 309 g/mol. The van der Waals surface area contributed by atoms with Crippen molar-refractivity contribution in [1.82, 2.24) is 19.9 Å². The van der Waals surface area contributed by atoms with Crippen molar-refractivity contribution >= 4 is 28.7 Å². The lowest BCUT2D eigenvalue weighted by Gasteiger charge is -2.10. The molecule has 0 saturated carbocycles. The van der Waals surface area contributed by atoms with Crippen molar-refractivity contribution in [1.29, 1.82) is 0 Å². The van der Waals surface area contributed by atoms with Gasteiger partial charge in [0.2, 0.25) is 5.91 Å². The molecule has 0 aromatic carbocycles. The lowest BCUT2D eigenvalue weighted by molar-refractivity contribution is -0.121. The first kappa shape index (κ1) is 15.7. The predicted molar refractivity (Wildman–Crippen MR) is 83.3 cm³/mol. The average molecular weight is 310 g/mol. The first-order valence-corrected chi connectivity index (χ1v) is 7.39. The maximum Gasteiger partial charge on any atom is 0.221 e. The van der Waals surface area contributed by atoms with Crippen molar-refractivity contribution in [3.05, 3.63) is 23.1 Å². The van der Waals surface area contributed by atoms with Crippen LogP contribution in [0.2, 0.25) is 5.02 Å². The maximum absolute atomic E-state index is 11.7. The second-order valence-electron chi connectivity index (χ2n) is 5.16. The summed E-state index contributed by atoms with van der Waals surface area (Å²) >= 11 is 5.96. The fourth-order valence-electron chi connectivity index (χ4n) is 2.18. The van der Waals surface area contributed by atoms with Crippen LogP contribution in [0.5, 0.6) is 0 Å². The van der Waals surface area contributed by atoms with Crippen LogP contribution in [0.25, 0.3) is 11.2 Å². The zero-order chi connectivity index (χ0) is 15.4. The molecule has 0 radical (unpaired) electrons. The Morgan fingerprint density at radius 3 is 2.95 bits per heavy atom. The van der Waals surface area contributed by atoms with Gasteiger partial charge < -0.3 is 15.6 Å². The van der Waals surface area contributed by atoms with Crippen LogP contribution < -0.4 is 11.1 Å². The molecule has 2 aromatic heterocycles. The molecule has 0 unspecified atom stereocenters. The molecular formula is C14H20ClN5O. The molecule has 0 aliphatic heterocycles. The van der Waals surface area contributed by atoms with E-state index in [0.717, 1.165) is 17.0 Å². The number of imidazole rings is 1. The number of nitrogens with zero attached hydrogens (tertiary/aromatic N) is 3. The van der Waals surface area contributed by atoms with Crippen LogP contribution >= 0.6 is 11.6 Å². The Labute approximate surface area is 128 Å². The molecule has 0 aliphatic rings. The standard InChI is InChI=1S/C14H20ClN5O/c1-9(2)13-19-11-7-10(15)8-18-14(11)20(13)6-3-12(21)17-5-4-16/h7-9H,3-6,16H2,1-2H3,(H,17,21). The molecule has 2 rings (SSSR count). The van der Waals surface area contributed by atoms with Crippen LogP contribution in [0.1, 0.15) is 32.0 Å². The van der Waals surface area contributed by atoms with Crippen LogP contribution in [0.3, 0.4) is 0 Å². The second-order valence-corrected chi connectivity index (χ2v) is 5.60. The third kappa shape index (κ3) is 3.71. The number of halogens is 1. The molecule has 21 heavy (non-hydrogen) atoms. The van der Waals surface area contributed by atoms with Crippen molar-refractivity contribution in [2.45, 2.75) is 32.7 Å². The van der Waals surface area contributed by atoms with Gasteiger partial charge in [0, 0.05) is 38.2 Å². The Hall–Kier alpha value is -1.66. The summed E-state index contributed by atoms with van der Waals surface area (Å²) in [4.78, 5) is 20.6. The zero-order valence-electron chi connectivity index (χ0n) is 12.3. The Bertz CT molecular complexity index is 638. The van der Waals surface area contributed by atoms with E-state index in [1.807, 2.05) is 4.57 Å². The molecule has 0 saturated heterocycles. The molecule has 1 amide bonds. The highest BCUT2D eigenvalue weighted by molar-refractivity contribution is 6.31. The minimum atomic E-state index is -0.0223. The van der Waals surface area contributed by atoms with Gasteiger partial charge in [0.1, 0.15) is 11.3 Å². The van der Waals surface area contributed by atoms with Gasteiger partial charge in [-0.3, -0.25) is 4.79 Å². The Morgan fingerprint density at radius 2 is 2.29 bits per heavy atom. The molecule has 114 valence electrons. The summed E-state index contributed by atoms with van der Waals surface area (Å²) in [5, 5.41) is 3.32. The number of nitrogens with one attached hydrogen (secondary N) is 1. The highest BCUT2D eigenvalue weighted by Gasteiger charge is 2.15. The highest BCUT2D eigenvalue weighted by atomic mass is 35.5. The first-order chi connectivity index (χ1) is 10.0. The number of rotatable bonds is 6. The molecule has 7 heteroatoms. The van der Waals surface area contributed by atoms with Gasteiger partial charge in [-0.05, 0) is 6.07 Å². The molecular weight excluding hydrogens is 290 g/mol. The molecule has 0 spiro atoms. The number of hydrogen-bond donors (Lipinski definition) is 2. The number of aryl methyl sites for hydroxylation is 1. The summed E-state index contributed by atoms with van der Waals surface area (Å²) in [6, 6.07) is 1.79. The van der Waals surface area contributed by atoms with Gasteiger partial charge >= 0.3 is 0 Å². The highest BCUT2D eigenvalue weighted by Crippen LogP contribution is 2.22. The number of carbonyl (C=O) groups is 1. The SMILES string of the molecule is CC(C)c1nc2cc(Cl)cnc2n1CCC(=O)NCCN. The van der Waals surface area contributed by atoms with Gasteiger partial charge in [0.05, 0.1) is 5.02 Å². The minimum absolute atomic E-state index is 0.0223. The molecule has 6 nitrogen and oxygen atoms in total. The van der Waals surface area contributed by atoms with Crippen LogP contribution in [0.15, 0.2) is 12.3 Å². The van der Waals surface area contributed by atoms with E-state index in [-0.39, 0.29) is 11.8 Å². The van der Waals surface area contributed by atoms with Gasteiger partial charge in [-0.25, -0.2) is 9.97 Å². The number of carbonyl (C=O) groups excluding carboxylic acids is 1. The summed E-state index contributed by atoms with van der Waals surface area (Å²) in [6.07, 6.45) is 1.97. The summed E-state index contributed by atoms with van der Waals surface area (Å²) in [5.41, 5.74) is 6.88. The first-order valence-electron chi connectivity index (χ1n) is 7.01. The fourth-order valence-corrected chi connectivity index (χ4v) is 2.33. The molecule has 0 atom stereocenters. The van der Waals surface area contributed by atoms with E-state index in [2.05, 4.69) is 29.1 Å². The minimum Gasteiger partial charge on any atom is -0.355 e. The lowest BCUT2D eigenvalue weighted by atomic mass is 10.2. The molecule has 2 heterocycles. The predicted octanol–water partition coefficient (Wildman–Crippen LogP) is 1.67. The topological polar surface area (TPSA) is 85.8 Å². The van der Waals surface area contributed by atoms with Gasteiger partial charge in [0.15, 0.2) is 5.65 Å². The van der Waals surface area contributed by atoms with Gasteiger partial charge in [-0.2, -0.15) is 0 Å². The number of nitrogens with two attached hydrogens (primary N) is 1. The summed E-state index contributed by atoms with van der Waals surface area (Å²) < 4.78 is 1.98. The van der Waals surface area contributed by atoms with Crippen molar-refractivity contribution < 1.29 is 4.79 Å². The van der Waals surface area contributed by atoms with E-state index in [0.29, 0.717) is 31.1 Å². The average Bonchev–Trinajstić information content (AvgIpc) is 2.80. The van der Waals surface area contributed by atoms with Crippen molar-refractivity contribution in [2.24, 2.45) is 5.73 Å². The van der Waals surface area contributed by atoms with E-state index in [9.17, 15) is 4.79 Å². The number of fused-ring (bicyclic) bond motifs is 1. The molecule has 2 aromatic rings. The van der Waals surface area contributed by atoms with Crippen LogP contribution in [-0.4, -0.2) is 33.5 Å². The molecule has 0 bridgehead atoms. The quantitative estimate of drug-likeness (QED) is 0.850. The Balaban J connectivity index is 2.24. The van der Waals surface area contributed by atoms with Crippen LogP contribution in [-0.2, 0) is 11.3 Å². The molecule has 3 N–H and O–H groups in total. The number of aromatic nitrogens is 3. The van der Waals surface area contributed by atoms with Gasteiger partial charge in [-0.15, -0.1) is 0 Å². The Kier molecular flexibility index (Phi) is 5.14.